The molecule has 0 N–H and O–H groups in total. The highest BCUT2D eigenvalue weighted by Crippen LogP contribution is 2.26. The zero-order chi connectivity index (χ0) is 18.8. The van der Waals surface area contributed by atoms with E-state index in [4.69, 9.17) is 9.47 Å². The van der Waals surface area contributed by atoms with Crippen LogP contribution in [0.1, 0.15) is 11.4 Å². The van der Waals surface area contributed by atoms with Crippen LogP contribution in [-0.2, 0) is 6.42 Å². The minimum atomic E-state index is -0.394. The Morgan fingerprint density at radius 1 is 0.963 bits per heavy atom. The first-order chi connectivity index (χ1) is 13.2. The average molecular weight is 364 g/mol. The Balaban J connectivity index is 1.71. The molecular formula is C20H17FN4O2. The van der Waals surface area contributed by atoms with E-state index in [-0.39, 0.29) is 0 Å². The lowest BCUT2D eigenvalue weighted by atomic mass is 10.1. The first kappa shape index (κ1) is 17.0. The molecule has 0 aliphatic carbocycles. The second-order valence-electron chi connectivity index (χ2n) is 5.94. The normalized spacial score (nSPS) is 10.9. The highest BCUT2D eigenvalue weighted by molar-refractivity contribution is 5.63. The molecule has 136 valence electrons. The molecule has 4 aromatic rings. The van der Waals surface area contributed by atoms with Crippen molar-refractivity contribution in [2.45, 2.75) is 6.42 Å². The van der Waals surface area contributed by atoms with Crippen molar-refractivity contribution in [1.82, 2.24) is 19.6 Å². The van der Waals surface area contributed by atoms with Gasteiger partial charge in [-0.2, -0.15) is 9.50 Å². The van der Waals surface area contributed by atoms with Crippen LogP contribution in [0.3, 0.4) is 0 Å². The van der Waals surface area contributed by atoms with Crippen LogP contribution in [0.15, 0.2) is 54.7 Å². The summed E-state index contributed by atoms with van der Waals surface area (Å²) in [6.45, 7) is 0. The van der Waals surface area contributed by atoms with E-state index in [1.807, 2.05) is 24.3 Å². The molecule has 0 atom stereocenters. The van der Waals surface area contributed by atoms with Gasteiger partial charge in [0.25, 0.3) is 5.78 Å². The van der Waals surface area contributed by atoms with Crippen molar-refractivity contribution >= 4 is 5.78 Å². The van der Waals surface area contributed by atoms with Crippen LogP contribution in [0.5, 0.6) is 11.5 Å². The van der Waals surface area contributed by atoms with Gasteiger partial charge in [0.05, 0.1) is 19.9 Å². The molecule has 27 heavy (non-hydrogen) atoms. The highest BCUT2D eigenvalue weighted by Gasteiger charge is 2.14. The number of ether oxygens (including phenoxy) is 2. The van der Waals surface area contributed by atoms with Gasteiger partial charge >= 0.3 is 0 Å². The molecule has 0 bridgehead atoms. The van der Waals surface area contributed by atoms with Gasteiger partial charge in [0.1, 0.15) is 17.3 Å². The molecule has 0 amide bonds. The molecule has 2 heterocycles. The van der Waals surface area contributed by atoms with E-state index in [9.17, 15) is 4.39 Å². The summed E-state index contributed by atoms with van der Waals surface area (Å²) < 4.78 is 26.3. The first-order valence-corrected chi connectivity index (χ1v) is 8.35. The molecule has 7 heteroatoms. The Kier molecular flexibility index (Phi) is 4.42. The van der Waals surface area contributed by atoms with E-state index in [1.165, 1.54) is 13.2 Å². The number of nitrogens with zero attached hydrogens (tertiary/aromatic N) is 4. The maximum absolute atomic E-state index is 14.5. The number of fused-ring (bicyclic) bond motifs is 1. The van der Waals surface area contributed by atoms with E-state index in [2.05, 4.69) is 15.1 Å². The summed E-state index contributed by atoms with van der Waals surface area (Å²) in [6, 6.07) is 14.1. The number of benzene rings is 2. The fraction of sp³-hybridized carbons (Fsp3) is 0.150. The zero-order valence-electron chi connectivity index (χ0n) is 14.9. The van der Waals surface area contributed by atoms with E-state index in [0.717, 1.165) is 11.3 Å². The number of halogens is 1. The summed E-state index contributed by atoms with van der Waals surface area (Å²) in [5.41, 5.74) is 2.03. The van der Waals surface area contributed by atoms with E-state index in [1.54, 1.807) is 36.0 Å². The van der Waals surface area contributed by atoms with Crippen LogP contribution in [0.2, 0.25) is 0 Å². The molecule has 0 spiro atoms. The summed E-state index contributed by atoms with van der Waals surface area (Å²) in [5, 5.41) is 4.52. The van der Waals surface area contributed by atoms with Gasteiger partial charge in [-0.3, -0.25) is 0 Å². The van der Waals surface area contributed by atoms with Crippen molar-refractivity contribution in [2.75, 3.05) is 14.2 Å². The minimum Gasteiger partial charge on any atom is -0.497 e. The lowest BCUT2D eigenvalue weighted by Crippen LogP contribution is -1.99. The fourth-order valence-corrected chi connectivity index (χ4v) is 2.87. The molecule has 0 fully saturated rings. The summed E-state index contributed by atoms with van der Waals surface area (Å²) in [4.78, 5) is 8.71. The van der Waals surface area contributed by atoms with Crippen molar-refractivity contribution < 1.29 is 13.9 Å². The number of hydrogen-bond donors (Lipinski definition) is 0. The predicted molar refractivity (Wildman–Crippen MR) is 98.5 cm³/mol. The van der Waals surface area contributed by atoms with E-state index in [0.29, 0.717) is 35.0 Å². The number of aromatic nitrogens is 4. The SMILES string of the molecule is COc1ccc(Cc2nc3nccc(-c4ccc(OC)cc4F)n3n2)cc1. The Morgan fingerprint density at radius 3 is 2.41 bits per heavy atom. The lowest BCUT2D eigenvalue weighted by molar-refractivity contribution is 0.411. The summed E-state index contributed by atoms with van der Waals surface area (Å²) >= 11 is 0. The van der Waals surface area contributed by atoms with Crippen LogP contribution in [0, 0.1) is 5.82 Å². The average Bonchev–Trinajstić information content (AvgIpc) is 3.11. The smallest absolute Gasteiger partial charge is 0.252 e. The van der Waals surface area contributed by atoms with Crippen LogP contribution in [0.4, 0.5) is 4.39 Å². The lowest BCUT2D eigenvalue weighted by Gasteiger charge is -2.07. The topological polar surface area (TPSA) is 61.5 Å². The Hall–Kier alpha value is -3.48. The zero-order valence-corrected chi connectivity index (χ0v) is 14.9. The molecular weight excluding hydrogens is 347 g/mol. The molecule has 0 saturated heterocycles. The third-order valence-electron chi connectivity index (χ3n) is 4.26. The Labute approximate surface area is 155 Å². The van der Waals surface area contributed by atoms with Crippen LogP contribution in [-0.4, -0.2) is 33.8 Å². The second-order valence-corrected chi connectivity index (χ2v) is 5.94. The maximum Gasteiger partial charge on any atom is 0.252 e. The van der Waals surface area contributed by atoms with Gasteiger partial charge in [-0.1, -0.05) is 12.1 Å². The molecule has 2 aromatic heterocycles. The highest BCUT2D eigenvalue weighted by atomic mass is 19.1. The molecule has 0 aliphatic heterocycles. The third-order valence-corrected chi connectivity index (χ3v) is 4.26. The first-order valence-electron chi connectivity index (χ1n) is 8.35. The Morgan fingerprint density at radius 2 is 1.70 bits per heavy atom. The van der Waals surface area contributed by atoms with Crippen molar-refractivity contribution in [2.24, 2.45) is 0 Å². The van der Waals surface area contributed by atoms with Crippen molar-refractivity contribution in [3.05, 3.63) is 71.9 Å². The van der Waals surface area contributed by atoms with Gasteiger partial charge in [0.15, 0.2) is 5.82 Å². The van der Waals surface area contributed by atoms with Crippen LogP contribution in [0.25, 0.3) is 17.0 Å². The van der Waals surface area contributed by atoms with Crippen molar-refractivity contribution in [1.29, 1.82) is 0 Å². The molecule has 4 rings (SSSR count). The van der Waals surface area contributed by atoms with Crippen LogP contribution >= 0.6 is 0 Å². The van der Waals surface area contributed by atoms with E-state index >= 15 is 0 Å². The number of methoxy groups -OCH3 is 2. The molecule has 0 saturated carbocycles. The molecule has 6 nitrogen and oxygen atoms in total. The summed E-state index contributed by atoms with van der Waals surface area (Å²) in [7, 11) is 3.13. The third kappa shape index (κ3) is 3.31. The van der Waals surface area contributed by atoms with Gasteiger partial charge in [0.2, 0.25) is 0 Å². The summed E-state index contributed by atoms with van der Waals surface area (Å²) in [6.07, 6.45) is 2.14. The van der Waals surface area contributed by atoms with E-state index < -0.39 is 5.82 Å². The van der Waals surface area contributed by atoms with Gasteiger partial charge in [0, 0.05) is 24.2 Å². The predicted octanol–water partition coefficient (Wildman–Crippen LogP) is 3.54. The minimum absolute atomic E-state index is 0.394. The van der Waals surface area contributed by atoms with Gasteiger partial charge < -0.3 is 9.47 Å². The standard InChI is InChI=1S/C20H17FN4O2/c1-26-14-5-3-13(4-6-14)11-19-23-20-22-10-9-18(25(20)24-19)16-8-7-15(27-2)12-17(16)21/h3-10,12H,11H2,1-2H3. The van der Waals surface area contributed by atoms with Gasteiger partial charge in [-0.05, 0) is 35.9 Å². The van der Waals surface area contributed by atoms with Crippen molar-refractivity contribution in [3.63, 3.8) is 0 Å². The van der Waals surface area contributed by atoms with Gasteiger partial charge in [-0.15, -0.1) is 5.10 Å². The summed E-state index contributed by atoms with van der Waals surface area (Å²) in [5.74, 6) is 1.88. The maximum atomic E-state index is 14.5. The quantitative estimate of drug-likeness (QED) is 0.542. The monoisotopic (exact) mass is 364 g/mol. The molecule has 0 radical (unpaired) electrons. The molecule has 0 unspecified atom stereocenters. The molecule has 0 aliphatic rings. The van der Waals surface area contributed by atoms with Crippen molar-refractivity contribution in [3.8, 4) is 22.8 Å². The second kappa shape index (κ2) is 7.03. The largest absolute Gasteiger partial charge is 0.497 e. The fourth-order valence-electron chi connectivity index (χ4n) is 2.87. The molecule has 2 aromatic carbocycles. The van der Waals surface area contributed by atoms with Crippen LogP contribution < -0.4 is 9.47 Å². The van der Waals surface area contributed by atoms with Gasteiger partial charge in [-0.25, -0.2) is 9.37 Å². The number of hydrogen-bond acceptors (Lipinski definition) is 5. The number of rotatable bonds is 5. The Bertz CT molecular complexity index is 1090.